The molecule has 0 aromatic heterocycles. The van der Waals surface area contributed by atoms with Crippen LogP contribution in [0.2, 0.25) is 0 Å². The Hall–Kier alpha value is -2.24. The molecule has 0 saturated carbocycles. The van der Waals surface area contributed by atoms with Crippen molar-refractivity contribution in [2.75, 3.05) is 12.5 Å². The average Bonchev–Trinajstić information content (AvgIpc) is 2.76. The number of ether oxygens (including phenoxy) is 1. The molecular weight excluding hydrogens is 412 g/mol. The van der Waals surface area contributed by atoms with Gasteiger partial charge in [0.2, 0.25) is 0 Å². The Morgan fingerprint density at radius 2 is 1.13 bits per heavy atom. The maximum Gasteiger partial charge on any atom is 0.136 e. The van der Waals surface area contributed by atoms with Crippen molar-refractivity contribution < 1.29 is 14.9 Å². The molecule has 1 aliphatic heterocycles. The second kappa shape index (κ2) is 7.78. The maximum absolute atomic E-state index is 11.0. The van der Waals surface area contributed by atoms with E-state index in [9.17, 15) is 10.2 Å². The minimum absolute atomic E-state index is 0.148. The molecule has 0 unspecified atom stereocenters. The van der Waals surface area contributed by atoms with E-state index < -0.39 is 0 Å². The average molecular weight is 439 g/mol. The zero-order valence-corrected chi connectivity index (χ0v) is 19.7. The smallest absolute Gasteiger partial charge is 0.136 e. The zero-order valence-electron chi connectivity index (χ0n) is 18.1. The minimum atomic E-state index is -0.148. The Labute approximate surface area is 186 Å². The van der Waals surface area contributed by atoms with Crippen LogP contribution >= 0.6 is 23.5 Å². The second-order valence-corrected chi connectivity index (χ2v) is 9.33. The third-order valence-corrected chi connectivity index (χ3v) is 7.89. The van der Waals surface area contributed by atoms with Crippen LogP contribution in [0.25, 0.3) is 0 Å². The molecule has 2 N–H and O–H groups in total. The fraction of sp³-hybridized carbons (Fsp3) is 0.280. The van der Waals surface area contributed by atoms with Crippen LogP contribution in [-0.4, -0.2) is 22.7 Å². The summed E-state index contributed by atoms with van der Waals surface area (Å²) in [5, 5.41) is 22.0. The van der Waals surface area contributed by atoms with Gasteiger partial charge in [0.25, 0.3) is 0 Å². The van der Waals surface area contributed by atoms with Gasteiger partial charge in [-0.3, -0.25) is 0 Å². The molecule has 0 spiro atoms. The molecule has 3 aromatic rings. The number of aromatic hydroxyl groups is 2. The standard InChI is InChI=1S/C25H26O3S2/c1-12-14(3)22-18(24(29-5)20(12)26)17(16-10-8-7-9-11-16)19-23(28-22)15(4)13(2)21(27)25(19)30-6/h7-11,17,26-27H,1-6H3. The lowest BCUT2D eigenvalue weighted by atomic mass is 9.79. The lowest BCUT2D eigenvalue weighted by molar-refractivity contribution is 0.412. The van der Waals surface area contributed by atoms with E-state index in [1.807, 2.05) is 58.4 Å². The van der Waals surface area contributed by atoms with Gasteiger partial charge in [0.1, 0.15) is 23.0 Å². The Morgan fingerprint density at radius 1 is 0.700 bits per heavy atom. The summed E-state index contributed by atoms with van der Waals surface area (Å²) < 4.78 is 6.60. The second-order valence-electron chi connectivity index (χ2n) is 7.70. The number of benzene rings is 3. The molecule has 0 bridgehead atoms. The van der Waals surface area contributed by atoms with Gasteiger partial charge in [-0.05, 0) is 68.0 Å². The zero-order chi connectivity index (χ0) is 21.7. The van der Waals surface area contributed by atoms with E-state index >= 15 is 0 Å². The normalized spacial score (nSPS) is 13.0. The Bertz CT molecular complexity index is 1080. The van der Waals surface area contributed by atoms with Crippen LogP contribution < -0.4 is 4.74 Å². The number of hydrogen-bond acceptors (Lipinski definition) is 5. The van der Waals surface area contributed by atoms with Gasteiger partial charge in [-0.25, -0.2) is 0 Å². The summed E-state index contributed by atoms with van der Waals surface area (Å²) in [5.41, 5.74) is 6.63. The van der Waals surface area contributed by atoms with Crippen molar-refractivity contribution in [3.63, 3.8) is 0 Å². The largest absolute Gasteiger partial charge is 0.506 e. The van der Waals surface area contributed by atoms with Crippen molar-refractivity contribution in [3.8, 4) is 23.0 Å². The molecule has 0 radical (unpaired) electrons. The van der Waals surface area contributed by atoms with Crippen LogP contribution in [-0.2, 0) is 0 Å². The van der Waals surface area contributed by atoms with Crippen molar-refractivity contribution in [3.05, 3.63) is 69.3 Å². The fourth-order valence-corrected chi connectivity index (χ4v) is 5.88. The van der Waals surface area contributed by atoms with E-state index in [1.165, 1.54) is 23.5 Å². The third kappa shape index (κ3) is 2.90. The molecule has 156 valence electrons. The number of fused-ring (bicyclic) bond motifs is 2. The molecular formula is C25H26O3S2. The van der Waals surface area contributed by atoms with Gasteiger partial charge in [0, 0.05) is 17.0 Å². The number of thioether (sulfide) groups is 2. The highest BCUT2D eigenvalue weighted by Gasteiger charge is 2.38. The van der Waals surface area contributed by atoms with Gasteiger partial charge in [-0.2, -0.15) is 0 Å². The first-order valence-electron chi connectivity index (χ1n) is 9.86. The molecule has 30 heavy (non-hydrogen) atoms. The van der Waals surface area contributed by atoms with Crippen LogP contribution in [0.15, 0.2) is 40.1 Å². The maximum atomic E-state index is 11.0. The predicted molar refractivity (Wildman–Crippen MR) is 126 cm³/mol. The topological polar surface area (TPSA) is 49.7 Å². The van der Waals surface area contributed by atoms with Gasteiger partial charge in [0.05, 0.1) is 9.79 Å². The first-order chi connectivity index (χ1) is 14.3. The summed E-state index contributed by atoms with van der Waals surface area (Å²) in [6, 6.07) is 10.3. The predicted octanol–water partition coefficient (Wildman–Crippen LogP) is 7.06. The molecule has 4 rings (SSSR count). The molecule has 0 aliphatic carbocycles. The van der Waals surface area contributed by atoms with Gasteiger partial charge < -0.3 is 14.9 Å². The van der Waals surface area contributed by atoms with Crippen molar-refractivity contribution in [1.82, 2.24) is 0 Å². The van der Waals surface area contributed by atoms with Crippen LogP contribution in [0, 0.1) is 27.7 Å². The quantitative estimate of drug-likeness (QED) is 0.335. The molecule has 0 atom stereocenters. The number of phenols is 2. The van der Waals surface area contributed by atoms with Gasteiger partial charge in [-0.1, -0.05) is 30.3 Å². The number of rotatable bonds is 3. The number of phenolic OH excluding ortho intramolecular Hbond substituents is 2. The summed E-state index contributed by atoms with van der Waals surface area (Å²) in [7, 11) is 0. The lowest BCUT2D eigenvalue weighted by Gasteiger charge is -2.35. The Kier molecular flexibility index (Phi) is 5.45. The van der Waals surface area contributed by atoms with Gasteiger partial charge in [0.15, 0.2) is 0 Å². The lowest BCUT2D eigenvalue weighted by Crippen LogP contribution is -2.17. The Balaban J connectivity index is 2.20. The highest BCUT2D eigenvalue weighted by atomic mass is 32.2. The van der Waals surface area contributed by atoms with Crippen LogP contribution in [0.5, 0.6) is 23.0 Å². The number of hydrogen-bond donors (Lipinski definition) is 2. The van der Waals surface area contributed by atoms with Crippen LogP contribution in [0.1, 0.15) is 44.9 Å². The molecule has 0 fully saturated rings. The van der Waals surface area contributed by atoms with Crippen LogP contribution in [0.3, 0.4) is 0 Å². The van der Waals surface area contributed by atoms with E-state index in [0.29, 0.717) is 11.5 Å². The summed E-state index contributed by atoms with van der Waals surface area (Å²) in [6.45, 7) is 7.87. The van der Waals surface area contributed by atoms with E-state index in [4.69, 9.17) is 4.74 Å². The van der Waals surface area contributed by atoms with E-state index in [2.05, 4.69) is 12.1 Å². The third-order valence-electron chi connectivity index (χ3n) is 6.25. The highest BCUT2D eigenvalue weighted by molar-refractivity contribution is 7.99. The molecule has 5 heteroatoms. The SMILES string of the molecule is CSc1c(O)c(C)c(C)c2c1C(c1ccccc1)c1c(c(C)c(C)c(O)c1SC)O2. The Morgan fingerprint density at radius 3 is 1.53 bits per heavy atom. The van der Waals surface area contributed by atoms with Gasteiger partial charge >= 0.3 is 0 Å². The molecule has 1 aliphatic rings. The molecule has 0 amide bonds. The first-order valence-corrected chi connectivity index (χ1v) is 12.3. The van der Waals surface area contributed by atoms with Crippen molar-refractivity contribution in [2.24, 2.45) is 0 Å². The first kappa shape index (κ1) is 21.0. The molecule has 0 saturated heterocycles. The molecule has 1 heterocycles. The van der Waals surface area contributed by atoms with E-state index in [-0.39, 0.29) is 5.92 Å². The summed E-state index contributed by atoms with van der Waals surface area (Å²) >= 11 is 3.06. The molecule has 3 aromatic carbocycles. The van der Waals surface area contributed by atoms with Crippen LogP contribution in [0.4, 0.5) is 0 Å². The summed E-state index contributed by atoms with van der Waals surface area (Å²) in [5.74, 6) is 2.11. The monoisotopic (exact) mass is 438 g/mol. The van der Waals surface area contributed by atoms with Crippen molar-refractivity contribution >= 4 is 23.5 Å². The molecule has 3 nitrogen and oxygen atoms in total. The highest BCUT2D eigenvalue weighted by Crippen LogP contribution is 2.59. The van der Waals surface area contributed by atoms with Crippen molar-refractivity contribution in [2.45, 2.75) is 43.4 Å². The van der Waals surface area contributed by atoms with Crippen molar-refractivity contribution in [1.29, 1.82) is 0 Å². The minimum Gasteiger partial charge on any atom is -0.506 e. The summed E-state index contributed by atoms with van der Waals surface area (Å²) in [4.78, 5) is 1.66. The summed E-state index contributed by atoms with van der Waals surface area (Å²) in [6.07, 6.45) is 3.96. The van der Waals surface area contributed by atoms with E-state index in [0.717, 1.165) is 60.2 Å². The fourth-order valence-electron chi connectivity index (χ4n) is 4.33. The van der Waals surface area contributed by atoms with Gasteiger partial charge in [-0.15, -0.1) is 23.5 Å². The van der Waals surface area contributed by atoms with E-state index in [1.54, 1.807) is 0 Å².